The number of halogens is 4. The maximum absolute atomic E-state index is 12.6. The fourth-order valence-electron chi connectivity index (χ4n) is 2.26. The molecule has 0 aromatic carbocycles. The monoisotopic (exact) mass is 368 g/mol. The number of pyridine rings is 1. The lowest BCUT2D eigenvalue weighted by Gasteiger charge is -2.29. The van der Waals surface area contributed by atoms with Gasteiger partial charge in [0.05, 0.1) is 29.3 Å². The van der Waals surface area contributed by atoms with E-state index in [4.69, 9.17) is 9.47 Å². The quantitative estimate of drug-likeness (QED) is 0.817. The van der Waals surface area contributed by atoms with Crippen molar-refractivity contribution in [2.24, 2.45) is 0 Å². The molecule has 21 heavy (non-hydrogen) atoms. The van der Waals surface area contributed by atoms with E-state index in [9.17, 15) is 13.2 Å². The molecule has 0 aliphatic carbocycles. The van der Waals surface area contributed by atoms with Crippen molar-refractivity contribution in [1.82, 2.24) is 4.98 Å². The first-order valence-electron chi connectivity index (χ1n) is 6.49. The molecular weight excluding hydrogens is 353 g/mol. The summed E-state index contributed by atoms with van der Waals surface area (Å²) >= 11 is 3.16. The van der Waals surface area contributed by atoms with Gasteiger partial charge >= 0.3 is 6.18 Å². The summed E-state index contributed by atoms with van der Waals surface area (Å²) in [7, 11) is 1.77. The van der Waals surface area contributed by atoms with Crippen LogP contribution in [0.1, 0.15) is 12.5 Å². The Bertz CT molecular complexity index is 499. The van der Waals surface area contributed by atoms with Crippen molar-refractivity contribution in [3.63, 3.8) is 0 Å². The van der Waals surface area contributed by atoms with Crippen molar-refractivity contribution >= 4 is 21.7 Å². The van der Waals surface area contributed by atoms with Gasteiger partial charge in [0, 0.05) is 19.9 Å². The molecule has 2 heterocycles. The number of rotatable bonds is 4. The number of hydrogen-bond acceptors (Lipinski definition) is 4. The summed E-state index contributed by atoms with van der Waals surface area (Å²) in [5.41, 5.74) is -0.782. The number of ether oxygens (including phenoxy) is 2. The average molecular weight is 369 g/mol. The number of anilines is 1. The molecule has 2 rings (SSSR count). The molecule has 0 spiro atoms. The van der Waals surface area contributed by atoms with Crippen molar-refractivity contribution < 1.29 is 22.6 Å². The summed E-state index contributed by atoms with van der Waals surface area (Å²) in [6.07, 6.45) is -3.69. The summed E-state index contributed by atoms with van der Waals surface area (Å²) in [6, 6.07) is 0.954. The Morgan fingerprint density at radius 3 is 2.76 bits per heavy atom. The van der Waals surface area contributed by atoms with E-state index in [-0.39, 0.29) is 12.1 Å². The van der Waals surface area contributed by atoms with Crippen LogP contribution in [0.2, 0.25) is 0 Å². The SMILES string of the molecule is CCOC1COC[C@H]1N(C)c1ncc(C(F)(F)F)cc1Br. The zero-order valence-electron chi connectivity index (χ0n) is 11.7. The van der Waals surface area contributed by atoms with Crippen LogP contribution in [0, 0.1) is 0 Å². The van der Waals surface area contributed by atoms with Crippen molar-refractivity contribution in [3.8, 4) is 0 Å². The maximum Gasteiger partial charge on any atom is 0.417 e. The van der Waals surface area contributed by atoms with E-state index in [1.807, 2.05) is 6.92 Å². The highest BCUT2D eigenvalue weighted by Gasteiger charge is 2.35. The molecule has 1 aromatic rings. The minimum atomic E-state index is -4.41. The maximum atomic E-state index is 12.6. The Kier molecular flexibility index (Phi) is 5.11. The first-order valence-corrected chi connectivity index (χ1v) is 7.28. The Morgan fingerprint density at radius 1 is 1.48 bits per heavy atom. The number of alkyl halides is 3. The second-order valence-corrected chi connectivity index (χ2v) is 5.59. The Morgan fingerprint density at radius 2 is 2.19 bits per heavy atom. The molecule has 1 fully saturated rings. The summed E-state index contributed by atoms with van der Waals surface area (Å²) in [6.45, 7) is 3.37. The second-order valence-electron chi connectivity index (χ2n) is 4.74. The molecule has 4 nitrogen and oxygen atoms in total. The van der Waals surface area contributed by atoms with E-state index < -0.39 is 11.7 Å². The summed E-state index contributed by atoms with van der Waals surface area (Å²) in [5, 5.41) is 0. The Hall–Kier alpha value is -0.860. The highest BCUT2D eigenvalue weighted by Crippen LogP contribution is 2.34. The minimum absolute atomic E-state index is 0.0783. The van der Waals surface area contributed by atoms with Crippen LogP contribution in [0.4, 0.5) is 19.0 Å². The highest BCUT2D eigenvalue weighted by molar-refractivity contribution is 9.10. The van der Waals surface area contributed by atoms with Gasteiger partial charge in [-0.15, -0.1) is 0 Å². The van der Waals surface area contributed by atoms with Crippen LogP contribution in [-0.4, -0.2) is 44.0 Å². The van der Waals surface area contributed by atoms with Crippen LogP contribution in [-0.2, 0) is 15.7 Å². The van der Waals surface area contributed by atoms with Gasteiger partial charge in [0.1, 0.15) is 11.9 Å². The fourth-order valence-corrected chi connectivity index (χ4v) is 2.89. The molecule has 0 bridgehead atoms. The number of likely N-dealkylation sites (N-methyl/N-ethyl adjacent to an activating group) is 1. The van der Waals surface area contributed by atoms with Gasteiger partial charge in [-0.2, -0.15) is 13.2 Å². The molecule has 2 atom stereocenters. The molecule has 1 saturated heterocycles. The van der Waals surface area contributed by atoms with Crippen LogP contribution in [0.5, 0.6) is 0 Å². The third kappa shape index (κ3) is 3.67. The van der Waals surface area contributed by atoms with Crippen LogP contribution in [0.3, 0.4) is 0 Å². The van der Waals surface area contributed by atoms with Crippen molar-refractivity contribution in [2.45, 2.75) is 25.2 Å². The molecule has 8 heteroatoms. The van der Waals surface area contributed by atoms with E-state index in [1.54, 1.807) is 11.9 Å². The van der Waals surface area contributed by atoms with Gasteiger partial charge in [-0.1, -0.05) is 0 Å². The highest BCUT2D eigenvalue weighted by atomic mass is 79.9. The van der Waals surface area contributed by atoms with Gasteiger partial charge in [0.2, 0.25) is 0 Å². The van der Waals surface area contributed by atoms with Gasteiger partial charge in [0.15, 0.2) is 0 Å². The zero-order chi connectivity index (χ0) is 15.6. The smallest absolute Gasteiger partial charge is 0.376 e. The van der Waals surface area contributed by atoms with Crippen molar-refractivity contribution in [1.29, 1.82) is 0 Å². The summed E-state index contributed by atoms with van der Waals surface area (Å²) < 4.78 is 49.2. The second kappa shape index (κ2) is 6.50. The number of aromatic nitrogens is 1. The van der Waals surface area contributed by atoms with E-state index >= 15 is 0 Å². The van der Waals surface area contributed by atoms with Gasteiger partial charge < -0.3 is 14.4 Å². The molecule has 1 unspecified atom stereocenters. The van der Waals surface area contributed by atoms with Crippen LogP contribution in [0.25, 0.3) is 0 Å². The van der Waals surface area contributed by atoms with E-state index in [0.29, 0.717) is 30.1 Å². The van der Waals surface area contributed by atoms with Crippen molar-refractivity contribution in [2.75, 3.05) is 31.8 Å². The fraction of sp³-hybridized carbons (Fsp3) is 0.615. The molecule has 0 N–H and O–H groups in total. The molecule has 0 saturated carbocycles. The Balaban J connectivity index is 2.21. The number of nitrogens with zero attached hydrogens (tertiary/aromatic N) is 2. The van der Waals surface area contributed by atoms with Gasteiger partial charge in [-0.25, -0.2) is 4.98 Å². The van der Waals surface area contributed by atoms with Gasteiger partial charge in [-0.05, 0) is 28.9 Å². The van der Waals surface area contributed by atoms with Crippen LogP contribution >= 0.6 is 15.9 Å². The number of hydrogen-bond donors (Lipinski definition) is 0. The zero-order valence-corrected chi connectivity index (χ0v) is 13.2. The summed E-state index contributed by atoms with van der Waals surface area (Å²) in [4.78, 5) is 5.72. The molecule has 0 radical (unpaired) electrons. The topological polar surface area (TPSA) is 34.6 Å². The molecule has 1 aliphatic heterocycles. The predicted molar refractivity (Wildman–Crippen MR) is 75.4 cm³/mol. The minimum Gasteiger partial charge on any atom is -0.376 e. The third-order valence-corrected chi connectivity index (χ3v) is 3.94. The summed E-state index contributed by atoms with van der Waals surface area (Å²) in [5.74, 6) is 0.434. The molecular formula is C13H16BrF3N2O2. The largest absolute Gasteiger partial charge is 0.417 e. The third-order valence-electron chi connectivity index (χ3n) is 3.36. The van der Waals surface area contributed by atoms with Gasteiger partial charge in [-0.3, -0.25) is 0 Å². The first-order chi connectivity index (χ1) is 9.84. The Labute approximate surface area is 129 Å². The van der Waals surface area contributed by atoms with E-state index in [2.05, 4.69) is 20.9 Å². The average Bonchev–Trinajstić information content (AvgIpc) is 2.85. The molecule has 1 aromatic heterocycles. The predicted octanol–water partition coefficient (Wildman–Crippen LogP) is 3.10. The lowest BCUT2D eigenvalue weighted by molar-refractivity contribution is -0.137. The van der Waals surface area contributed by atoms with Crippen LogP contribution < -0.4 is 4.90 Å². The lowest BCUT2D eigenvalue weighted by Crippen LogP contribution is -2.42. The lowest BCUT2D eigenvalue weighted by atomic mass is 10.2. The standard InChI is InChI=1S/C13H16BrF3N2O2/c1-3-21-11-7-20-6-10(11)19(2)12-9(14)4-8(5-18-12)13(15,16)17/h4-5,10-11H,3,6-7H2,1-2H3/t10-,11?/m1/s1. The van der Waals surface area contributed by atoms with E-state index in [0.717, 1.165) is 12.3 Å². The van der Waals surface area contributed by atoms with Gasteiger partial charge in [0.25, 0.3) is 0 Å². The van der Waals surface area contributed by atoms with Crippen molar-refractivity contribution in [3.05, 3.63) is 22.3 Å². The van der Waals surface area contributed by atoms with E-state index in [1.165, 1.54) is 0 Å². The molecule has 1 aliphatic rings. The molecule has 118 valence electrons. The van der Waals surface area contributed by atoms with Crippen LogP contribution in [0.15, 0.2) is 16.7 Å². The molecule has 0 amide bonds. The normalized spacial score (nSPS) is 22.6. The first kappa shape index (κ1) is 16.5.